The molecule has 1 N–H and O–H groups in total. The Bertz CT molecular complexity index is 444. The molecule has 1 saturated heterocycles. The van der Waals surface area contributed by atoms with E-state index >= 15 is 0 Å². The smallest absolute Gasteiger partial charge is 0.144 e. The Labute approximate surface area is 109 Å². The van der Waals surface area contributed by atoms with Gasteiger partial charge >= 0.3 is 0 Å². The number of hydrogen-bond acceptors (Lipinski definition) is 4. The number of anilines is 1. The molecule has 1 fully saturated rings. The monoisotopic (exact) mass is 244 g/mol. The van der Waals surface area contributed by atoms with Crippen LogP contribution in [0.2, 0.25) is 0 Å². The number of nitrogens with one attached hydrogen (secondary N) is 1. The van der Waals surface area contributed by atoms with Crippen molar-refractivity contribution in [3.8, 4) is 6.07 Å². The van der Waals surface area contributed by atoms with Crippen LogP contribution in [0.4, 0.5) is 5.82 Å². The quantitative estimate of drug-likeness (QED) is 0.881. The van der Waals surface area contributed by atoms with Gasteiger partial charge in [0, 0.05) is 18.3 Å². The molecule has 96 valence electrons. The molecule has 18 heavy (non-hydrogen) atoms. The van der Waals surface area contributed by atoms with Crippen molar-refractivity contribution in [3.63, 3.8) is 0 Å². The summed E-state index contributed by atoms with van der Waals surface area (Å²) in [4.78, 5) is 6.86. The summed E-state index contributed by atoms with van der Waals surface area (Å²) in [5.74, 6) is 0.712. The standard InChI is InChI=1S/C14H20N4/c1-11-5-6-13(9-15)14(16-11)17-12(2)10-18-7-3-4-8-18/h5-6,12H,3-4,7-8,10H2,1-2H3,(H,16,17). The molecule has 0 aromatic carbocycles. The molecule has 1 aromatic heterocycles. The third kappa shape index (κ3) is 3.21. The first-order valence-electron chi connectivity index (χ1n) is 6.55. The van der Waals surface area contributed by atoms with Gasteiger partial charge in [-0.25, -0.2) is 4.98 Å². The summed E-state index contributed by atoms with van der Waals surface area (Å²) in [6, 6.07) is 6.19. The van der Waals surface area contributed by atoms with Crippen LogP contribution < -0.4 is 5.32 Å². The predicted molar refractivity (Wildman–Crippen MR) is 72.4 cm³/mol. The first kappa shape index (κ1) is 12.8. The van der Waals surface area contributed by atoms with Gasteiger partial charge in [0.05, 0.1) is 5.56 Å². The van der Waals surface area contributed by atoms with Gasteiger partial charge in [-0.05, 0) is 51.9 Å². The summed E-state index contributed by atoms with van der Waals surface area (Å²) >= 11 is 0. The SMILES string of the molecule is Cc1ccc(C#N)c(NC(C)CN2CCCC2)n1. The van der Waals surface area contributed by atoms with Crippen LogP contribution in [0.1, 0.15) is 31.0 Å². The molecule has 0 amide bonds. The van der Waals surface area contributed by atoms with E-state index in [1.807, 2.05) is 19.1 Å². The highest BCUT2D eigenvalue weighted by Crippen LogP contribution is 2.15. The number of rotatable bonds is 4. The molecule has 0 aliphatic carbocycles. The van der Waals surface area contributed by atoms with Crippen LogP contribution in [-0.2, 0) is 0 Å². The van der Waals surface area contributed by atoms with Crippen molar-refractivity contribution < 1.29 is 0 Å². The summed E-state index contributed by atoms with van der Waals surface area (Å²) in [6.45, 7) is 7.48. The summed E-state index contributed by atoms with van der Waals surface area (Å²) in [6.07, 6.45) is 2.61. The van der Waals surface area contributed by atoms with E-state index in [1.54, 1.807) is 0 Å². The number of pyridine rings is 1. The molecular weight excluding hydrogens is 224 g/mol. The lowest BCUT2D eigenvalue weighted by Gasteiger charge is -2.22. The van der Waals surface area contributed by atoms with E-state index in [1.165, 1.54) is 25.9 Å². The van der Waals surface area contributed by atoms with Crippen LogP contribution in [0.5, 0.6) is 0 Å². The van der Waals surface area contributed by atoms with E-state index in [-0.39, 0.29) is 0 Å². The third-order valence-electron chi connectivity index (χ3n) is 3.27. The molecule has 4 heteroatoms. The van der Waals surface area contributed by atoms with Crippen molar-refractivity contribution in [2.45, 2.75) is 32.7 Å². The topological polar surface area (TPSA) is 52.0 Å². The van der Waals surface area contributed by atoms with E-state index in [0.717, 1.165) is 12.2 Å². The number of aromatic nitrogens is 1. The molecule has 0 radical (unpaired) electrons. The van der Waals surface area contributed by atoms with Gasteiger partial charge < -0.3 is 10.2 Å². The van der Waals surface area contributed by atoms with Gasteiger partial charge in [0.2, 0.25) is 0 Å². The number of nitrogens with zero attached hydrogens (tertiary/aromatic N) is 3. The second kappa shape index (κ2) is 5.83. The fourth-order valence-corrected chi connectivity index (χ4v) is 2.39. The highest BCUT2D eigenvalue weighted by Gasteiger charge is 2.15. The van der Waals surface area contributed by atoms with Crippen molar-refractivity contribution >= 4 is 5.82 Å². The molecule has 4 nitrogen and oxygen atoms in total. The molecule has 2 heterocycles. The number of aryl methyl sites for hydroxylation is 1. The van der Waals surface area contributed by atoms with Crippen LogP contribution in [0.3, 0.4) is 0 Å². The first-order valence-corrected chi connectivity index (χ1v) is 6.55. The lowest BCUT2D eigenvalue weighted by molar-refractivity contribution is 0.327. The zero-order valence-corrected chi connectivity index (χ0v) is 11.1. The maximum absolute atomic E-state index is 9.07. The average molecular weight is 244 g/mol. The van der Waals surface area contributed by atoms with Gasteiger partial charge in [-0.15, -0.1) is 0 Å². The maximum Gasteiger partial charge on any atom is 0.144 e. The summed E-state index contributed by atoms with van der Waals surface area (Å²) in [5.41, 5.74) is 1.55. The molecular formula is C14H20N4. The Morgan fingerprint density at radius 1 is 1.44 bits per heavy atom. The zero-order valence-electron chi connectivity index (χ0n) is 11.1. The molecule has 1 aromatic rings. The summed E-state index contributed by atoms with van der Waals surface area (Å²) in [5, 5.41) is 12.4. The lowest BCUT2D eigenvalue weighted by Crippen LogP contribution is -2.33. The average Bonchev–Trinajstić information content (AvgIpc) is 2.82. The molecule has 1 unspecified atom stereocenters. The minimum atomic E-state index is 0.310. The van der Waals surface area contributed by atoms with Gasteiger partial charge in [-0.2, -0.15) is 5.26 Å². The van der Waals surface area contributed by atoms with Crippen LogP contribution in [0.25, 0.3) is 0 Å². The summed E-state index contributed by atoms with van der Waals surface area (Å²) < 4.78 is 0. The van der Waals surface area contributed by atoms with Crippen molar-refractivity contribution in [2.24, 2.45) is 0 Å². The molecule has 0 saturated carbocycles. The largest absolute Gasteiger partial charge is 0.365 e. The van der Waals surface area contributed by atoms with Crippen molar-refractivity contribution in [1.29, 1.82) is 5.26 Å². The van der Waals surface area contributed by atoms with E-state index in [2.05, 4.69) is 28.2 Å². The van der Waals surface area contributed by atoms with Gasteiger partial charge in [0.15, 0.2) is 0 Å². The molecule has 0 spiro atoms. The highest BCUT2D eigenvalue weighted by atomic mass is 15.2. The van der Waals surface area contributed by atoms with Crippen LogP contribution in [-0.4, -0.2) is 35.6 Å². The Kier molecular flexibility index (Phi) is 4.16. The third-order valence-corrected chi connectivity index (χ3v) is 3.27. The maximum atomic E-state index is 9.07. The van der Waals surface area contributed by atoms with Crippen molar-refractivity contribution in [1.82, 2.24) is 9.88 Å². The minimum absolute atomic E-state index is 0.310. The van der Waals surface area contributed by atoms with Crippen LogP contribution in [0, 0.1) is 18.3 Å². The van der Waals surface area contributed by atoms with Crippen LogP contribution in [0.15, 0.2) is 12.1 Å². The van der Waals surface area contributed by atoms with Gasteiger partial charge in [-0.3, -0.25) is 0 Å². The molecule has 2 rings (SSSR count). The highest BCUT2D eigenvalue weighted by molar-refractivity contribution is 5.52. The minimum Gasteiger partial charge on any atom is -0.365 e. The van der Waals surface area contributed by atoms with Gasteiger partial charge in [-0.1, -0.05) is 0 Å². The molecule has 1 atom stereocenters. The zero-order chi connectivity index (χ0) is 13.0. The fourth-order valence-electron chi connectivity index (χ4n) is 2.39. The predicted octanol–water partition coefficient (Wildman–Crippen LogP) is 2.16. The van der Waals surface area contributed by atoms with E-state index < -0.39 is 0 Å². The number of likely N-dealkylation sites (tertiary alicyclic amines) is 1. The fraction of sp³-hybridized carbons (Fsp3) is 0.571. The van der Waals surface area contributed by atoms with Gasteiger partial charge in [0.25, 0.3) is 0 Å². The second-order valence-corrected chi connectivity index (χ2v) is 5.01. The molecule has 0 bridgehead atoms. The van der Waals surface area contributed by atoms with Crippen LogP contribution >= 0.6 is 0 Å². The first-order chi connectivity index (χ1) is 8.69. The summed E-state index contributed by atoms with van der Waals surface area (Å²) in [7, 11) is 0. The lowest BCUT2D eigenvalue weighted by atomic mass is 10.2. The Morgan fingerprint density at radius 2 is 2.17 bits per heavy atom. The molecule has 1 aliphatic heterocycles. The van der Waals surface area contributed by atoms with Crippen molar-refractivity contribution in [3.05, 3.63) is 23.4 Å². The normalized spacial score (nSPS) is 17.4. The van der Waals surface area contributed by atoms with E-state index in [4.69, 9.17) is 5.26 Å². The van der Waals surface area contributed by atoms with Gasteiger partial charge in [0.1, 0.15) is 11.9 Å². The molecule has 1 aliphatic rings. The van der Waals surface area contributed by atoms with E-state index in [9.17, 15) is 0 Å². The Morgan fingerprint density at radius 3 is 2.83 bits per heavy atom. The van der Waals surface area contributed by atoms with Crippen molar-refractivity contribution in [2.75, 3.05) is 25.0 Å². The van der Waals surface area contributed by atoms with E-state index in [0.29, 0.717) is 17.4 Å². The number of nitriles is 1. The Balaban J connectivity index is 1.99. The second-order valence-electron chi connectivity index (χ2n) is 5.01. The number of hydrogen-bond donors (Lipinski definition) is 1. The Hall–Kier alpha value is -1.60.